The fraction of sp³-hybridized carbons (Fsp3) is 0.346. The van der Waals surface area contributed by atoms with Gasteiger partial charge in [0.05, 0.1) is 24.3 Å². The van der Waals surface area contributed by atoms with E-state index in [9.17, 15) is 4.79 Å². The summed E-state index contributed by atoms with van der Waals surface area (Å²) in [5.74, 6) is 2.03. The molecule has 1 aromatic carbocycles. The summed E-state index contributed by atoms with van der Waals surface area (Å²) in [6.07, 6.45) is 4.71. The number of nitrogens with zero attached hydrogens (tertiary/aromatic N) is 7. The second kappa shape index (κ2) is 9.41. The molecule has 12 heteroatoms. The summed E-state index contributed by atoms with van der Waals surface area (Å²) in [4.78, 5) is 29.5. The van der Waals surface area contributed by atoms with E-state index >= 15 is 0 Å². The maximum atomic E-state index is 12.0. The fourth-order valence-corrected chi connectivity index (χ4v) is 5.37. The number of aryl methyl sites for hydroxylation is 1. The number of ether oxygens (including phenoxy) is 1. The lowest BCUT2D eigenvalue weighted by Crippen LogP contribution is -2.71. The van der Waals surface area contributed by atoms with Gasteiger partial charge in [-0.15, -0.1) is 0 Å². The number of carbonyl (C=O) groups excluding carboxylic acids is 1. The molecule has 2 atom stereocenters. The van der Waals surface area contributed by atoms with Gasteiger partial charge in [0.1, 0.15) is 18.2 Å². The molecule has 2 fully saturated rings. The predicted molar refractivity (Wildman–Crippen MR) is 146 cm³/mol. The summed E-state index contributed by atoms with van der Waals surface area (Å²) in [6.45, 7) is 5.97. The van der Waals surface area contributed by atoms with E-state index in [2.05, 4.69) is 51.3 Å². The summed E-state index contributed by atoms with van der Waals surface area (Å²) in [7, 11) is 1.80. The average Bonchev–Trinajstić information content (AvgIpc) is 3.46. The third-order valence-electron chi connectivity index (χ3n) is 7.11. The summed E-state index contributed by atoms with van der Waals surface area (Å²) in [5.41, 5.74) is 9.40. The van der Waals surface area contributed by atoms with Crippen LogP contribution in [-0.2, 0) is 11.8 Å². The van der Waals surface area contributed by atoms with Crippen molar-refractivity contribution in [2.24, 2.45) is 12.8 Å². The Balaban J connectivity index is 1.31. The summed E-state index contributed by atoms with van der Waals surface area (Å²) < 4.78 is 6.73. The highest BCUT2D eigenvalue weighted by molar-refractivity contribution is 6.31. The fourth-order valence-electron chi connectivity index (χ4n) is 5.12. The highest BCUT2D eigenvalue weighted by atomic mass is 35.5. The van der Waals surface area contributed by atoms with Crippen molar-refractivity contribution >= 4 is 45.8 Å². The molecule has 0 saturated carbocycles. The van der Waals surface area contributed by atoms with Gasteiger partial charge >= 0.3 is 6.09 Å². The lowest BCUT2D eigenvalue weighted by Gasteiger charge is -2.50. The normalized spacial score (nSPS) is 19.3. The molecule has 2 aliphatic heterocycles. The molecule has 3 aromatic heterocycles. The number of hydrogen-bond acceptors (Lipinski definition) is 9. The van der Waals surface area contributed by atoms with Gasteiger partial charge in [-0.25, -0.2) is 19.7 Å². The molecular weight excluding hydrogens is 506 g/mol. The minimum absolute atomic E-state index is 0.0704. The Kier molecular flexibility index (Phi) is 6.04. The lowest BCUT2D eigenvalue weighted by atomic mass is 9.93. The maximum absolute atomic E-state index is 12.0. The maximum Gasteiger partial charge on any atom is 0.410 e. The Morgan fingerprint density at radius 2 is 2.00 bits per heavy atom. The van der Waals surface area contributed by atoms with Gasteiger partial charge in [0.2, 0.25) is 0 Å². The zero-order chi connectivity index (χ0) is 26.6. The van der Waals surface area contributed by atoms with Crippen molar-refractivity contribution in [2.75, 3.05) is 29.9 Å². The molecule has 0 unspecified atom stereocenters. The third kappa shape index (κ3) is 4.17. The number of halogens is 1. The molecule has 2 saturated heterocycles. The van der Waals surface area contributed by atoms with Crippen LogP contribution in [0.4, 0.5) is 22.1 Å². The zero-order valence-electron chi connectivity index (χ0n) is 21.3. The number of pyridine rings is 1. The van der Waals surface area contributed by atoms with Gasteiger partial charge in [0, 0.05) is 43.3 Å². The van der Waals surface area contributed by atoms with Crippen LogP contribution in [0, 0.1) is 0 Å². The number of aromatic nitrogens is 5. The Morgan fingerprint density at radius 3 is 2.68 bits per heavy atom. The molecule has 1 amide bonds. The van der Waals surface area contributed by atoms with Crippen LogP contribution >= 0.6 is 11.6 Å². The first-order valence-corrected chi connectivity index (χ1v) is 12.9. The number of benzene rings is 1. The highest BCUT2D eigenvalue weighted by Gasteiger charge is 2.45. The lowest BCUT2D eigenvalue weighted by molar-refractivity contribution is 0.128. The number of nitrogens with two attached hydrogens (primary N) is 1. The van der Waals surface area contributed by atoms with Crippen LogP contribution in [-0.4, -0.2) is 67.6 Å². The molecule has 0 radical (unpaired) electrons. The van der Waals surface area contributed by atoms with Crippen LogP contribution in [0.15, 0.2) is 42.9 Å². The van der Waals surface area contributed by atoms with Crippen molar-refractivity contribution in [3.63, 3.8) is 0 Å². The molecule has 6 rings (SSSR count). The average molecular weight is 534 g/mol. The van der Waals surface area contributed by atoms with Crippen LogP contribution in [0.5, 0.6) is 0 Å². The summed E-state index contributed by atoms with van der Waals surface area (Å²) >= 11 is 6.24. The number of carbonyl (C=O) groups is 1. The molecule has 11 nitrogen and oxygen atoms in total. The van der Waals surface area contributed by atoms with Gasteiger partial charge in [0.15, 0.2) is 11.0 Å². The number of amides is 1. The van der Waals surface area contributed by atoms with Crippen molar-refractivity contribution in [1.82, 2.24) is 29.6 Å². The minimum atomic E-state index is -0.315. The van der Waals surface area contributed by atoms with E-state index in [0.29, 0.717) is 53.8 Å². The van der Waals surface area contributed by atoms with E-state index in [1.807, 2.05) is 12.3 Å². The topological polar surface area (TPSA) is 127 Å². The van der Waals surface area contributed by atoms with Crippen LogP contribution in [0.25, 0.3) is 22.2 Å². The van der Waals surface area contributed by atoms with Crippen molar-refractivity contribution < 1.29 is 9.53 Å². The van der Waals surface area contributed by atoms with Crippen LogP contribution in [0.1, 0.15) is 25.3 Å². The molecule has 196 valence electrons. The monoisotopic (exact) mass is 533 g/mol. The second-order valence-electron chi connectivity index (χ2n) is 9.86. The van der Waals surface area contributed by atoms with Gasteiger partial charge in [-0.05, 0) is 35.1 Å². The number of nitrogens with one attached hydrogen (secondary N) is 1. The molecule has 0 spiro atoms. The number of hydrogen-bond donors (Lipinski definition) is 2. The Morgan fingerprint density at radius 1 is 1.16 bits per heavy atom. The van der Waals surface area contributed by atoms with Crippen molar-refractivity contribution in [3.05, 3.63) is 53.6 Å². The molecule has 0 aliphatic carbocycles. The van der Waals surface area contributed by atoms with Crippen LogP contribution < -0.4 is 16.0 Å². The van der Waals surface area contributed by atoms with E-state index in [1.54, 1.807) is 35.1 Å². The third-order valence-corrected chi connectivity index (χ3v) is 7.39. The van der Waals surface area contributed by atoms with Gasteiger partial charge in [-0.2, -0.15) is 5.10 Å². The highest BCUT2D eigenvalue weighted by Crippen LogP contribution is 2.38. The summed E-state index contributed by atoms with van der Waals surface area (Å²) in [6, 6.07) is 7.98. The quantitative estimate of drug-likeness (QED) is 0.379. The molecule has 5 heterocycles. The minimum Gasteiger partial charge on any atom is -0.448 e. The van der Waals surface area contributed by atoms with Crippen LogP contribution in [0.2, 0.25) is 5.15 Å². The first kappa shape index (κ1) is 24.4. The second-order valence-corrected chi connectivity index (χ2v) is 10.2. The predicted octanol–water partition coefficient (Wildman–Crippen LogP) is 3.87. The van der Waals surface area contributed by atoms with Crippen molar-refractivity contribution in [1.29, 1.82) is 0 Å². The molecule has 38 heavy (non-hydrogen) atoms. The molecule has 2 aliphatic rings. The Hall–Kier alpha value is -3.96. The first-order valence-electron chi connectivity index (χ1n) is 12.5. The van der Waals surface area contributed by atoms with Gasteiger partial charge in [0.25, 0.3) is 0 Å². The van der Waals surface area contributed by atoms with Gasteiger partial charge in [-0.1, -0.05) is 31.5 Å². The Bertz CT molecular complexity index is 1540. The smallest absolute Gasteiger partial charge is 0.410 e. The molecule has 4 aromatic rings. The number of rotatable bonds is 6. The molecule has 3 N–H and O–H groups in total. The molecular formula is C26H28ClN9O2. The summed E-state index contributed by atoms with van der Waals surface area (Å²) in [5, 5.41) is 9.89. The zero-order valence-corrected chi connectivity index (χ0v) is 22.1. The number of anilines is 3. The SMILES string of the molecule is CC(C)c1ccc(N2C[C@H](N3CCOC3=O)[C@H]2N)c2cnc(Nc3ccnc(-c4cn(C)nc4Cl)n3)cc12. The number of fused-ring (bicyclic) bond motifs is 1. The van der Waals surface area contributed by atoms with Crippen LogP contribution in [0.3, 0.4) is 0 Å². The first-order chi connectivity index (χ1) is 18.3. The molecule has 0 bridgehead atoms. The van der Waals surface area contributed by atoms with Gasteiger partial charge < -0.3 is 20.7 Å². The van der Waals surface area contributed by atoms with Gasteiger partial charge in [-0.3, -0.25) is 9.58 Å². The van der Waals surface area contributed by atoms with E-state index in [1.165, 1.54) is 5.56 Å². The van der Waals surface area contributed by atoms with Crippen molar-refractivity contribution in [2.45, 2.75) is 32.0 Å². The van der Waals surface area contributed by atoms with E-state index < -0.39 is 0 Å². The standard InChI is InChI=1S/C26H28ClN9O2/c1-14(2)15-4-5-19(36-13-20(24(36)28)35-8-9-38-26(35)37)17-11-30-22(10-16(15)17)31-21-6-7-29-25(32-21)18-12-34(3)33-23(18)27/h4-7,10-12,14,20,24H,8-9,13,28H2,1-3H3,(H,29,30,31,32)/t20-,24-/m0/s1. The van der Waals surface area contributed by atoms with Crippen molar-refractivity contribution in [3.8, 4) is 11.4 Å². The van der Waals surface area contributed by atoms with E-state index in [4.69, 9.17) is 27.1 Å². The van der Waals surface area contributed by atoms with E-state index in [0.717, 1.165) is 16.5 Å². The Labute approximate surface area is 224 Å². The number of cyclic esters (lactones) is 1. The largest absolute Gasteiger partial charge is 0.448 e. The van der Waals surface area contributed by atoms with E-state index in [-0.39, 0.29) is 18.3 Å².